The Hall–Kier alpha value is -3.18. The quantitative estimate of drug-likeness (QED) is 0.337. The first-order valence-corrected chi connectivity index (χ1v) is 10.3. The van der Waals surface area contributed by atoms with E-state index in [0.29, 0.717) is 17.3 Å². The van der Waals surface area contributed by atoms with Gasteiger partial charge >= 0.3 is 0 Å². The molecule has 0 aliphatic heterocycles. The van der Waals surface area contributed by atoms with Gasteiger partial charge in [-0.15, -0.1) is 0 Å². The fourth-order valence-corrected chi connectivity index (χ4v) is 3.46. The van der Waals surface area contributed by atoms with E-state index >= 15 is 0 Å². The molecule has 0 bridgehead atoms. The lowest BCUT2D eigenvalue weighted by molar-refractivity contribution is 0.355. The van der Waals surface area contributed by atoms with Gasteiger partial charge in [0.25, 0.3) is 0 Å². The zero-order valence-electron chi connectivity index (χ0n) is 17.0. The van der Waals surface area contributed by atoms with Crippen molar-refractivity contribution >= 4 is 15.9 Å². The molecular weight excluding hydrogens is 440 g/mol. The van der Waals surface area contributed by atoms with Gasteiger partial charge in [0.15, 0.2) is 17.3 Å². The molecule has 1 heterocycles. The Labute approximate surface area is 184 Å². The predicted octanol–water partition coefficient (Wildman–Crippen LogP) is 6.57. The van der Waals surface area contributed by atoms with Crippen LogP contribution in [0.4, 0.5) is 0 Å². The highest BCUT2D eigenvalue weighted by Gasteiger charge is 2.13. The first-order chi connectivity index (χ1) is 14.6. The molecule has 4 aromatic rings. The Morgan fingerprint density at radius 1 is 0.633 bits per heavy atom. The number of ether oxygens (including phenoxy) is 2. The molecule has 0 N–H and O–H groups in total. The molecule has 0 amide bonds. The lowest BCUT2D eigenvalue weighted by Crippen LogP contribution is -1.97. The standard InChI is InChI=1S/C25H21BrN2O2/c1-16-4-6-18(7-5-16)25-27-21(17-8-11-20(26)12-9-17)15-22(28-25)19-10-13-23(29-2)24(14-19)30-3/h4-15H,1-3H3. The summed E-state index contributed by atoms with van der Waals surface area (Å²) in [6, 6.07) is 24.2. The maximum absolute atomic E-state index is 5.48. The van der Waals surface area contributed by atoms with Gasteiger partial charge in [-0.1, -0.05) is 57.9 Å². The van der Waals surface area contributed by atoms with Crippen LogP contribution in [0.5, 0.6) is 11.5 Å². The van der Waals surface area contributed by atoms with Gasteiger partial charge in [-0.05, 0) is 43.3 Å². The molecule has 3 aromatic carbocycles. The smallest absolute Gasteiger partial charge is 0.161 e. The van der Waals surface area contributed by atoms with Crippen LogP contribution in [-0.2, 0) is 0 Å². The average Bonchev–Trinajstić information content (AvgIpc) is 2.79. The maximum atomic E-state index is 5.48. The maximum Gasteiger partial charge on any atom is 0.161 e. The van der Waals surface area contributed by atoms with Crippen molar-refractivity contribution in [2.45, 2.75) is 6.92 Å². The third-order valence-electron chi connectivity index (χ3n) is 4.86. The lowest BCUT2D eigenvalue weighted by Gasteiger charge is -2.12. The minimum absolute atomic E-state index is 0.663. The van der Waals surface area contributed by atoms with E-state index in [9.17, 15) is 0 Å². The molecule has 0 spiro atoms. The highest BCUT2D eigenvalue weighted by molar-refractivity contribution is 9.10. The van der Waals surface area contributed by atoms with Crippen LogP contribution in [-0.4, -0.2) is 24.2 Å². The van der Waals surface area contributed by atoms with E-state index in [1.807, 2.05) is 48.5 Å². The molecule has 0 radical (unpaired) electrons. The summed E-state index contributed by atoms with van der Waals surface area (Å²) in [5.41, 5.74) is 5.80. The molecule has 1 aromatic heterocycles. The van der Waals surface area contributed by atoms with Crippen molar-refractivity contribution in [3.05, 3.63) is 82.8 Å². The number of aryl methyl sites for hydroxylation is 1. The van der Waals surface area contributed by atoms with E-state index in [-0.39, 0.29) is 0 Å². The zero-order chi connectivity index (χ0) is 21.1. The second kappa shape index (κ2) is 8.67. The summed E-state index contributed by atoms with van der Waals surface area (Å²) in [6.45, 7) is 2.07. The summed E-state index contributed by atoms with van der Waals surface area (Å²) >= 11 is 3.50. The van der Waals surface area contributed by atoms with Crippen molar-refractivity contribution < 1.29 is 9.47 Å². The Morgan fingerprint density at radius 2 is 1.20 bits per heavy atom. The minimum atomic E-state index is 0.663. The van der Waals surface area contributed by atoms with Crippen LogP contribution in [0.3, 0.4) is 0 Å². The van der Waals surface area contributed by atoms with Gasteiger partial charge in [0.05, 0.1) is 25.6 Å². The molecule has 30 heavy (non-hydrogen) atoms. The Kier molecular flexibility index (Phi) is 5.81. The molecule has 0 saturated heterocycles. The number of halogens is 1. The van der Waals surface area contributed by atoms with Crippen LogP contribution in [0.15, 0.2) is 77.3 Å². The molecule has 0 atom stereocenters. The molecule has 4 nitrogen and oxygen atoms in total. The first-order valence-electron chi connectivity index (χ1n) is 9.52. The summed E-state index contributed by atoms with van der Waals surface area (Å²) in [4.78, 5) is 9.71. The highest BCUT2D eigenvalue weighted by atomic mass is 79.9. The Morgan fingerprint density at radius 3 is 1.83 bits per heavy atom. The average molecular weight is 461 g/mol. The second-order valence-electron chi connectivity index (χ2n) is 6.90. The van der Waals surface area contributed by atoms with Gasteiger partial charge in [-0.25, -0.2) is 9.97 Å². The molecule has 0 fully saturated rings. The monoisotopic (exact) mass is 460 g/mol. The summed E-state index contributed by atoms with van der Waals surface area (Å²) in [5.74, 6) is 2.03. The van der Waals surface area contributed by atoms with Gasteiger partial charge < -0.3 is 9.47 Å². The van der Waals surface area contributed by atoms with E-state index in [1.54, 1.807) is 14.2 Å². The summed E-state index contributed by atoms with van der Waals surface area (Å²) < 4.78 is 11.9. The van der Waals surface area contributed by atoms with Gasteiger partial charge in [0.1, 0.15) is 0 Å². The van der Waals surface area contributed by atoms with Gasteiger partial charge in [0, 0.05) is 21.2 Å². The van der Waals surface area contributed by atoms with E-state index < -0.39 is 0 Å². The van der Waals surface area contributed by atoms with Crippen molar-refractivity contribution in [1.29, 1.82) is 0 Å². The number of hydrogen-bond donors (Lipinski definition) is 0. The molecule has 5 heteroatoms. The van der Waals surface area contributed by atoms with E-state index in [1.165, 1.54) is 5.56 Å². The zero-order valence-corrected chi connectivity index (χ0v) is 18.6. The lowest BCUT2D eigenvalue weighted by atomic mass is 10.1. The van der Waals surface area contributed by atoms with Crippen LogP contribution in [0.1, 0.15) is 5.56 Å². The molecule has 0 saturated carbocycles. The van der Waals surface area contributed by atoms with Crippen molar-refractivity contribution in [1.82, 2.24) is 9.97 Å². The second-order valence-corrected chi connectivity index (χ2v) is 7.82. The number of nitrogens with zero attached hydrogens (tertiary/aromatic N) is 2. The van der Waals surface area contributed by atoms with Gasteiger partial charge in [0.2, 0.25) is 0 Å². The Bertz CT molecular complexity index is 1110. The number of benzene rings is 3. The van der Waals surface area contributed by atoms with E-state index in [4.69, 9.17) is 19.4 Å². The highest BCUT2D eigenvalue weighted by Crippen LogP contribution is 2.34. The van der Waals surface area contributed by atoms with Crippen molar-refractivity contribution in [2.75, 3.05) is 14.2 Å². The summed E-state index contributed by atoms with van der Waals surface area (Å²) in [7, 11) is 3.26. The van der Waals surface area contributed by atoms with Crippen molar-refractivity contribution in [3.63, 3.8) is 0 Å². The number of aromatic nitrogens is 2. The fourth-order valence-electron chi connectivity index (χ4n) is 3.19. The largest absolute Gasteiger partial charge is 0.493 e. The van der Waals surface area contributed by atoms with Crippen molar-refractivity contribution in [3.8, 4) is 45.4 Å². The van der Waals surface area contributed by atoms with Crippen LogP contribution in [0, 0.1) is 6.92 Å². The predicted molar refractivity (Wildman–Crippen MR) is 124 cm³/mol. The minimum Gasteiger partial charge on any atom is -0.493 e. The summed E-state index contributed by atoms with van der Waals surface area (Å²) in [6.07, 6.45) is 0. The summed E-state index contributed by atoms with van der Waals surface area (Å²) in [5, 5.41) is 0. The Balaban J connectivity index is 1.89. The van der Waals surface area contributed by atoms with E-state index in [2.05, 4.69) is 47.1 Å². The molecule has 0 unspecified atom stereocenters. The van der Waals surface area contributed by atoms with Crippen LogP contribution in [0.25, 0.3) is 33.9 Å². The van der Waals surface area contributed by atoms with Gasteiger partial charge in [-0.2, -0.15) is 0 Å². The topological polar surface area (TPSA) is 44.2 Å². The third-order valence-corrected chi connectivity index (χ3v) is 5.38. The molecular formula is C25H21BrN2O2. The first kappa shape index (κ1) is 20.1. The fraction of sp³-hybridized carbons (Fsp3) is 0.120. The number of methoxy groups -OCH3 is 2. The number of hydrogen-bond acceptors (Lipinski definition) is 4. The molecule has 0 aliphatic rings. The van der Waals surface area contributed by atoms with Crippen LogP contribution >= 0.6 is 15.9 Å². The number of rotatable bonds is 5. The molecule has 0 aliphatic carbocycles. The van der Waals surface area contributed by atoms with E-state index in [0.717, 1.165) is 32.6 Å². The SMILES string of the molecule is COc1ccc(-c2cc(-c3ccc(Br)cc3)nc(-c3ccc(C)cc3)n2)cc1OC. The van der Waals surface area contributed by atoms with Crippen LogP contribution < -0.4 is 9.47 Å². The van der Waals surface area contributed by atoms with Crippen LogP contribution in [0.2, 0.25) is 0 Å². The van der Waals surface area contributed by atoms with Crippen molar-refractivity contribution in [2.24, 2.45) is 0 Å². The normalized spacial score (nSPS) is 10.7. The van der Waals surface area contributed by atoms with Gasteiger partial charge in [-0.3, -0.25) is 0 Å². The molecule has 150 valence electrons. The third kappa shape index (κ3) is 4.21. The molecule has 4 rings (SSSR count).